The van der Waals surface area contributed by atoms with Crippen LogP contribution >= 0.6 is 0 Å². The second-order valence-electron chi connectivity index (χ2n) is 12.6. The highest BCUT2D eigenvalue weighted by molar-refractivity contribution is 6.25. The fraction of sp³-hybridized carbons (Fsp3) is 0.361. The minimum absolute atomic E-state index is 0.0315. The van der Waals surface area contributed by atoms with E-state index in [1.54, 1.807) is 36.4 Å². The monoisotopic (exact) mass is 712 g/mol. The first-order valence-electron chi connectivity index (χ1n) is 17.0. The van der Waals surface area contributed by atoms with E-state index in [-0.39, 0.29) is 73.1 Å². The summed E-state index contributed by atoms with van der Waals surface area (Å²) in [6.07, 6.45) is 1.96. The summed E-state index contributed by atoms with van der Waals surface area (Å²) < 4.78 is 10.9. The number of nitrogen functional groups attached to an aromatic ring is 1. The summed E-state index contributed by atoms with van der Waals surface area (Å²) in [6.45, 7) is 5.47. The average molecular weight is 713 g/mol. The Morgan fingerprint density at radius 1 is 0.962 bits per heavy atom. The summed E-state index contributed by atoms with van der Waals surface area (Å²) in [6, 6.07) is 12.3. The molecule has 6 N–H and O–H groups in total. The smallest absolute Gasteiger partial charge is 0.264 e. The van der Waals surface area contributed by atoms with Gasteiger partial charge >= 0.3 is 0 Å². The Labute approximate surface area is 299 Å². The van der Waals surface area contributed by atoms with Crippen molar-refractivity contribution in [1.29, 1.82) is 0 Å². The van der Waals surface area contributed by atoms with Gasteiger partial charge in [-0.15, -0.1) is 10.2 Å². The molecule has 1 atom stereocenters. The van der Waals surface area contributed by atoms with Crippen LogP contribution in [0.5, 0.6) is 5.75 Å². The van der Waals surface area contributed by atoms with Crippen LogP contribution in [0.3, 0.4) is 0 Å². The molecule has 2 saturated heterocycles. The zero-order valence-corrected chi connectivity index (χ0v) is 28.4. The highest BCUT2D eigenvalue weighted by Crippen LogP contribution is 2.34. The summed E-state index contributed by atoms with van der Waals surface area (Å²) in [5.41, 5.74) is 8.73. The fourth-order valence-electron chi connectivity index (χ4n) is 6.51. The number of nitrogens with two attached hydrogens (primary N) is 1. The highest BCUT2D eigenvalue weighted by Gasteiger charge is 2.45. The molecular weight excluding hydrogens is 672 g/mol. The van der Waals surface area contributed by atoms with Gasteiger partial charge in [-0.3, -0.25) is 28.9 Å². The topological polar surface area (TPSA) is 218 Å². The van der Waals surface area contributed by atoms with Crippen molar-refractivity contribution in [3.05, 3.63) is 71.9 Å². The average Bonchev–Trinajstić information content (AvgIpc) is 3.39. The van der Waals surface area contributed by atoms with Crippen molar-refractivity contribution in [2.45, 2.75) is 31.7 Å². The van der Waals surface area contributed by atoms with E-state index < -0.39 is 29.7 Å². The van der Waals surface area contributed by atoms with Crippen LogP contribution in [0.25, 0.3) is 11.3 Å². The lowest BCUT2D eigenvalue weighted by Gasteiger charge is -2.33. The number of nitrogens with one attached hydrogen (secondary N) is 3. The van der Waals surface area contributed by atoms with Gasteiger partial charge in [0, 0.05) is 36.8 Å². The number of rotatable bonds is 13. The maximum atomic E-state index is 13.3. The normalized spacial score (nSPS) is 17.6. The number of carbonyl (C=O) groups excluding carboxylic acids is 5. The van der Waals surface area contributed by atoms with Crippen molar-refractivity contribution in [2.24, 2.45) is 5.92 Å². The van der Waals surface area contributed by atoms with Gasteiger partial charge < -0.3 is 41.2 Å². The minimum Gasteiger partial charge on any atom is -0.507 e. The van der Waals surface area contributed by atoms with Gasteiger partial charge in [0.2, 0.25) is 17.7 Å². The molecule has 52 heavy (non-hydrogen) atoms. The van der Waals surface area contributed by atoms with Crippen LogP contribution in [0, 0.1) is 5.92 Å². The van der Waals surface area contributed by atoms with Gasteiger partial charge in [-0.05, 0) is 56.0 Å². The molecule has 2 fully saturated rings. The molecule has 16 heteroatoms. The standard InChI is InChI=1S/C36H40N8O8/c1-21-9-10-27(34(48)39-21)44-35(49)24-6-4-7-25(31(24)36(44)50)40-30(46)20-52-18-17-51-16-13-38-33(47)22-11-14-43(15-12-22)28-19-26(41-42-32(28)37)23-5-2-3-8-29(23)45/h2-8,19,22,27,45H,1,9-18,20H2,(H2,37,42)(H,38,47)(H,39,48)(H,40,46). The van der Waals surface area contributed by atoms with E-state index in [4.69, 9.17) is 15.2 Å². The van der Waals surface area contributed by atoms with Gasteiger partial charge in [-0.25, -0.2) is 0 Å². The molecule has 0 spiro atoms. The van der Waals surface area contributed by atoms with Crippen molar-refractivity contribution in [3.63, 3.8) is 0 Å². The number of hydrogen-bond acceptors (Lipinski definition) is 12. The Bertz CT molecular complexity index is 1890. The number of amides is 5. The van der Waals surface area contributed by atoms with Crippen molar-refractivity contribution in [2.75, 3.05) is 62.0 Å². The maximum absolute atomic E-state index is 13.3. The number of phenols is 1. The van der Waals surface area contributed by atoms with Gasteiger partial charge in [0.05, 0.1) is 48.0 Å². The van der Waals surface area contributed by atoms with Crippen molar-refractivity contribution < 1.29 is 38.6 Å². The summed E-state index contributed by atoms with van der Waals surface area (Å²) >= 11 is 0. The first-order chi connectivity index (χ1) is 25.1. The number of anilines is 3. The third-order valence-electron chi connectivity index (χ3n) is 9.19. The number of imide groups is 1. The molecule has 3 aliphatic rings. The zero-order valence-electron chi connectivity index (χ0n) is 28.4. The molecule has 1 aromatic heterocycles. The quantitative estimate of drug-likeness (QED) is 0.127. The van der Waals surface area contributed by atoms with Crippen LogP contribution in [0.4, 0.5) is 17.2 Å². The van der Waals surface area contributed by atoms with Crippen LogP contribution in [0.2, 0.25) is 0 Å². The Morgan fingerprint density at radius 3 is 2.48 bits per heavy atom. The predicted molar refractivity (Wildman–Crippen MR) is 189 cm³/mol. The number of aromatic hydroxyl groups is 1. The molecule has 272 valence electrons. The largest absolute Gasteiger partial charge is 0.507 e. The van der Waals surface area contributed by atoms with E-state index in [1.807, 2.05) is 0 Å². The second kappa shape index (κ2) is 16.0. The molecular formula is C36H40N8O8. The first kappa shape index (κ1) is 35.9. The molecule has 2 aromatic carbocycles. The maximum Gasteiger partial charge on any atom is 0.264 e. The van der Waals surface area contributed by atoms with E-state index in [9.17, 15) is 29.1 Å². The molecule has 16 nitrogen and oxygen atoms in total. The molecule has 0 saturated carbocycles. The number of phenolic OH excluding ortho intramolecular Hbond substituents is 1. The lowest BCUT2D eigenvalue weighted by atomic mass is 9.95. The van der Waals surface area contributed by atoms with E-state index in [2.05, 4.69) is 37.6 Å². The molecule has 6 rings (SSSR count). The van der Waals surface area contributed by atoms with E-state index in [0.29, 0.717) is 61.5 Å². The van der Waals surface area contributed by atoms with Gasteiger partial charge in [0.1, 0.15) is 18.4 Å². The Hall–Kier alpha value is -5.87. The highest BCUT2D eigenvalue weighted by atomic mass is 16.5. The number of piperidine rings is 2. The Balaban J connectivity index is 0.869. The lowest BCUT2D eigenvalue weighted by Crippen LogP contribution is -2.51. The number of allylic oxidation sites excluding steroid dienone is 1. The van der Waals surface area contributed by atoms with Crippen molar-refractivity contribution in [1.82, 2.24) is 25.7 Å². The van der Waals surface area contributed by atoms with Gasteiger partial charge in [-0.2, -0.15) is 0 Å². The number of fused-ring (bicyclic) bond motifs is 1. The number of ether oxygens (including phenoxy) is 2. The zero-order chi connectivity index (χ0) is 36.8. The SMILES string of the molecule is C=C1CCC(N2C(=O)c3cccc(NC(=O)COCCOCCNC(=O)C4CCN(c5cc(-c6ccccc6O)nnc5N)CC4)c3C2=O)C(=O)N1. The number of carbonyl (C=O) groups is 5. The summed E-state index contributed by atoms with van der Waals surface area (Å²) in [4.78, 5) is 67.2. The number of nitrogens with zero attached hydrogens (tertiary/aromatic N) is 4. The van der Waals surface area contributed by atoms with Crippen LogP contribution in [0.1, 0.15) is 46.4 Å². The van der Waals surface area contributed by atoms with E-state index in [1.165, 1.54) is 12.1 Å². The van der Waals surface area contributed by atoms with E-state index in [0.717, 1.165) is 4.90 Å². The third-order valence-corrected chi connectivity index (χ3v) is 9.19. The molecule has 3 aromatic rings. The summed E-state index contributed by atoms with van der Waals surface area (Å²) in [7, 11) is 0. The first-order valence-corrected chi connectivity index (χ1v) is 17.0. The fourth-order valence-corrected chi connectivity index (χ4v) is 6.51. The predicted octanol–water partition coefficient (Wildman–Crippen LogP) is 1.82. The Kier molecular flexibility index (Phi) is 11.1. The number of aromatic nitrogens is 2. The third kappa shape index (κ3) is 7.87. The molecule has 0 bridgehead atoms. The van der Waals surface area contributed by atoms with Crippen molar-refractivity contribution in [3.8, 4) is 17.0 Å². The van der Waals surface area contributed by atoms with Crippen molar-refractivity contribution >= 4 is 46.7 Å². The number of benzene rings is 2. The van der Waals surface area contributed by atoms with Crippen LogP contribution in [0.15, 0.2) is 60.8 Å². The van der Waals surface area contributed by atoms with E-state index >= 15 is 0 Å². The molecule has 4 heterocycles. The number of para-hydroxylation sites is 1. The van der Waals surface area contributed by atoms with Gasteiger partial charge in [0.25, 0.3) is 11.8 Å². The van der Waals surface area contributed by atoms with Crippen LogP contribution in [-0.2, 0) is 23.9 Å². The minimum atomic E-state index is -0.958. The summed E-state index contributed by atoms with van der Waals surface area (Å²) in [5, 5.41) is 26.5. The second-order valence-corrected chi connectivity index (χ2v) is 12.6. The van der Waals surface area contributed by atoms with Crippen LogP contribution in [-0.4, -0.2) is 102 Å². The molecule has 5 amide bonds. The van der Waals surface area contributed by atoms with Crippen LogP contribution < -0.4 is 26.6 Å². The Morgan fingerprint density at radius 2 is 1.71 bits per heavy atom. The summed E-state index contributed by atoms with van der Waals surface area (Å²) in [5.74, 6) is -2.09. The van der Waals surface area contributed by atoms with Gasteiger partial charge in [0.15, 0.2) is 5.82 Å². The number of hydrogen-bond donors (Lipinski definition) is 5. The molecule has 0 aliphatic carbocycles. The molecule has 3 aliphatic heterocycles. The molecule has 0 radical (unpaired) electrons. The lowest BCUT2D eigenvalue weighted by molar-refractivity contribution is -0.126. The van der Waals surface area contributed by atoms with Gasteiger partial charge in [-0.1, -0.05) is 24.8 Å². The molecule has 1 unspecified atom stereocenters.